The summed E-state index contributed by atoms with van der Waals surface area (Å²) >= 11 is 0. The van der Waals surface area contributed by atoms with Crippen LogP contribution >= 0.6 is 0 Å². The Morgan fingerprint density at radius 2 is 1.47 bits per heavy atom. The largest absolute Gasteiger partial charge is 0.481 e. The van der Waals surface area contributed by atoms with Crippen LogP contribution in [0.25, 0.3) is 0 Å². The first-order valence-electron chi connectivity index (χ1n) is 4.96. The number of nitrogens with zero attached hydrogens (tertiary/aromatic N) is 2. The van der Waals surface area contributed by atoms with E-state index in [4.69, 9.17) is 10.2 Å². The molecule has 86 valence electrons. The third-order valence-electron chi connectivity index (χ3n) is 2.47. The van der Waals surface area contributed by atoms with E-state index >= 15 is 0 Å². The van der Waals surface area contributed by atoms with Crippen LogP contribution in [0.4, 0.5) is 0 Å². The molecule has 0 radical (unpaired) electrons. The van der Waals surface area contributed by atoms with Gasteiger partial charge in [0.25, 0.3) is 0 Å². The lowest BCUT2D eigenvalue weighted by Crippen LogP contribution is -2.48. The van der Waals surface area contributed by atoms with Gasteiger partial charge in [-0.1, -0.05) is 0 Å². The second-order valence-corrected chi connectivity index (χ2v) is 3.66. The molecule has 0 spiro atoms. The number of carboxylic acid groups (broad SMARTS) is 2. The molecule has 1 aliphatic heterocycles. The van der Waals surface area contributed by atoms with E-state index in [0.29, 0.717) is 19.6 Å². The number of rotatable bonds is 5. The summed E-state index contributed by atoms with van der Waals surface area (Å²) in [6.07, 6.45) is 0.152. The van der Waals surface area contributed by atoms with Gasteiger partial charge in [-0.3, -0.25) is 14.5 Å². The van der Waals surface area contributed by atoms with Crippen LogP contribution in [-0.2, 0) is 9.59 Å². The van der Waals surface area contributed by atoms with Gasteiger partial charge in [-0.05, 0) is 0 Å². The highest BCUT2D eigenvalue weighted by molar-refractivity contribution is 5.69. The Hall–Kier alpha value is -1.14. The van der Waals surface area contributed by atoms with Gasteiger partial charge in [0.05, 0.1) is 13.0 Å². The summed E-state index contributed by atoms with van der Waals surface area (Å²) in [6, 6.07) is 0. The molecule has 0 unspecified atom stereocenters. The summed E-state index contributed by atoms with van der Waals surface area (Å²) in [6.45, 7) is 3.53. The van der Waals surface area contributed by atoms with Crippen molar-refractivity contribution in [3.63, 3.8) is 0 Å². The predicted molar refractivity (Wildman–Crippen MR) is 52.8 cm³/mol. The molecule has 0 aliphatic carbocycles. The normalized spacial score (nSPS) is 18.9. The lowest BCUT2D eigenvalue weighted by molar-refractivity contribution is -0.138. The zero-order chi connectivity index (χ0) is 11.3. The van der Waals surface area contributed by atoms with Crippen LogP contribution in [0.1, 0.15) is 6.42 Å². The van der Waals surface area contributed by atoms with E-state index in [1.165, 1.54) is 0 Å². The van der Waals surface area contributed by atoms with E-state index in [2.05, 4.69) is 0 Å². The molecule has 6 nitrogen and oxygen atoms in total. The van der Waals surface area contributed by atoms with Gasteiger partial charge in [-0.25, -0.2) is 0 Å². The Balaban J connectivity index is 2.18. The van der Waals surface area contributed by atoms with Crippen molar-refractivity contribution in [1.82, 2.24) is 9.80 Å². The standard InChI is InChI=1S/C9H16N2O4/c12-8(13)1-2-10-3-5-11(6-4-10)7-9(14)15/h1-7H2,(H,12,13)(H,14,15). The highest BCUT2D eigenvalue weighted by Crippen LogP contribution is 2.01. The minimum Gasteiger partial charge on any atom is -0.481 e. The second-order valence-electron chi connectivity index (χ2n) is 3.66. The highest BCUT2D eigenvalue weighted by Gasteiger charge is 2.18. The Morgan fingerprint density at radius 3 is 1.93 bits per heavy atom. The van der Waals surface area contributed by atoms with Crippen molar-refractivity contribution in [3.8, 4) is 0 Å². The molecule has 0 aromatic carbocycles. The molecule has 0 amide bonds. The molecule has 6 heteroatoms. The minimum atomic E-state index is -0.811. The van der Waals surface area contributed by atoms with Crippen LogP contribution in [0.15, 0.2) is 0 Å². The lowest BCUT2D eigenvalue weighted by Gasteiger charge is -2.33. The third-order valence-corrected chi connectivity index (χ3v) is 2.47. The monoisotopic (exact) mass is 216 g/mol. The van der Waals surface area contributed by atoms with Crippen molar-refractivity contribution < 1.29 is 19.8 Å². The zero-order valence-electron chi connectivity index (χ0n) is 8.56. The van der Waals surface area contributed by atoms with Crippen LogP contribution in [0.3, 0.4) is 0 Å². The van der Waals surface area contributed by atoms with Crippen molar-refractivity contribution in [2.24, 2.45) is 0 Å². The fourth-order valence-corrected chi connectivity index (χ4v) is 1.62. The molecule has 2 N–H and O–H groups in total. The molecular formula is C9H16N2O4. The molecular weight excluding hydrogens is 200 g/mol. The highest BCUT2D eigenvalue weighted by atomic mass is 16.4. The van der Waals surface area contributed by atoms with Gasteiger partial charge in [0.2, 0.25) is 0 Å². The summed E-state index contributed by atoms with van der Waals surface area (Å²) in [5.41, 5.74) is 0. The van der Waals surface area contributed by atoms with Gasteiger partial charge in [0.1, 0.15) is 0 Å². The Bertz CT molecular complexity index is 236. The fourth-order valence-electron chi connectivity index (χ4n) is 1.62. The van der Waals surface area contributed by atoms with Gasteiger partial charge in [0.15, 0.2) is 0 Å². The number of carbonyl (C=O) groups is 2. The van der Waals surface area contributed by atoms with Crippen LogP contribution in [0.5, 0.6) is 0 Å². The first-order valence-corrected chi connectivity index (χ1v) is 4.96. The third kappa shape index (κ3) is 4.75. The lowest BCUT2D eigenvalue weighted by atomic mass is 10.3. The minimum absolute atomic E-state index is 0.0762. The summed E-state index contributed by atoms with van der Waals surface area (Å²) in [7, 11) is 0. The summed E-state index contributed by atoms with van der Waals surface area (Å²) < 4.78 is 0. The predicted octanol–water partition coefficient (Wildman–Crippen LogP) is -0.837. The number of piperazine rings is 1. The number of carboxylic acids is 2. The maximum absolute atomic E-state index is 10.4. The molecule has 1 saturated heterocycles. The van der Waals surface area contributed by atoms with Gasteiger partial charge in [0, 0.05) is 32.7 Å². The molecule has 1 aliphatic rings. The van der Waals surface area contributed by atoms with Crippen LogP contribution in [0, 0.1) is 0 Å². The van der Waals surface area contributed by atoms with Gasteiger partial charge in [-0.2, -0.15) is 0 Å². The molecule has 0 bridgehead atoms. The zero-order valence-corrected chi connectivity index (χ0v) is 8.56. The first-order chi connectivity index (χ1) is 7.08. The number of hydrogen-bond acceptors (Lipinski definition) is 4. The van der Waals surface area contributed by atoms with Crippen molar-refractivity contribution in [3.05, 3.63) is 0 Å². The molecule has 1 rings (SSSR count). The van der Waals surface area contributed by atoms with Crippen LogP contribution < -0.4 is 0 Å². The molecule has 1 heterocycles. The fraction of sp³-hybridized carbons (Fsp3) is 0.778. The first kappa shape index (κ1) is 11.9. The van der Waals surface area contributed by atoms with Crippen molar-refractivity contribution in [2.75, 3.05) is 39.3 Å². The van der Waals surface area contributed by atoms with Gasteiger partial charge >= 0.3 is 11.9 Å². The van der Waals surface area contributed by atoms with Crippen molar-refractivity contribution >= 4 is 11.9 Å². The van der Waals surface area contributed by atoms with E-state index in [0.717, 1.165) is 13.1 Å². The average Bonchev–Trinajstić information content (AvgIpc) is 2.16. The van der Waals surface area contributed by atoms with E-state index in [-0.39, 0.29) is 13.0 Å². The summed E-state index contributed by atoms with van der Waals surface area (Å²) in [4.78, 5) is 24.7. The molecule has 15 heavy (non-hydrogen) atoms. The van der Waals surface area contributed by atoms with Gasteiger partial charge in [-0.15, -0.1) is 0 Å². The van der Waals surface area contributed by atoms with Crippen molar-refractivity contribution in [1.29, 1.82) is 0 Å². The smallest absolute Gasteiger partial charge is 0.317 e. The quantitative estimate of drug-likeness (QED) is 0.624. The maximum atomic E-state index is 10.4. The van der Waals surface area contributed by atoms with Crippen LogP contribution in [0.2, 0.25) is 0 Å². The molecule has 0 aromatic rings. The van der Waals surface area contributed by atoms with Gasteiger partial charge < -0.3 is 15.1 Å². The Labute approximate surface area is 88.1 Å². The topological polar surface area (TPSA) is 81.1 Å². The van der Waals surface area contributed by atoms with E-state index in [1.807, 2.05) is 9.80 Å². The molecule has 0 saturated carbocycles. The maximum Gasteiger partial charge on any atom is 0.317 e. The van der Waals surface area contributed by atoms with E-state index in [9.17, 15) is 9.59 Å². The SMILES string of the molecule is O=C(O)CCN1CCN(CC(=O)O)CC1. The Kier molecular flexibility index (Phi) is 4.51. The number of hydrogen-bond donors (Lipinski definition) is 2. The van der Waals surface area contributed by atoms with Crippen molar-refractivity contribution in [2.45, 2.75) is 6.42 Å². The average molecular weight is 216 g/mol. The second kappa shape index (κ2) is 5.67. The summed E-state index contributed by atoms with van der Waals surface area (Å²) in [5.74, 6) is -1.60. The summed E-state index contributed by atoms with van der Waals surface area (Å²) in [5, 5.41) is 17.1. The van der Waals surface area contributed by atoms with E-state index < -0.39 is 11.9 Å². The molecule has 0 atom stereocenters. The molecule has 0 aromatic heterocycles. The number of aliphatic carboxylic acids is 2. The van der Waals surface area contributed by atoms with Crippen LogP contribution in [-0.4, -0.2) is 71.2 Å². The van der Waals surface area contributed by atoms with E-state index in [1.54, 1.807) is 0 Å². The Morgan fingerprint density at radius 1 is 0.933 bits per heavy atom. The molecule has 1 fully saturated rings.